The molecule has 1 aliphatic rings. The Kier molecular flexibility index (Phi) is 3.54. The van der Waals surface area contributed by atoms with Gasteiger partial charge in [0, 0.05) is 0 Å². The van der Waals surface area contributed by atoms with E-state index in [1.807, 2.05) is 0 Å². The highest BCUT2D eigenvalue weighted by atomic mass is 16.5. The van der Waals surface area contributed by atoms with Crippen molar-refractivity contribution in [3.05, 3.63) is 17.8 Å². The molecule has 0 radical (unpaired) electrons. The van der Waals surface area contributed by atoms with Crippen LogP contribution in [-0.4, -0.2) is 42.0 Å². The lowest BCUT2D eigenvalue weighted by atomic mass is 9.98. The fraction of sp³-hybridized carbons (Fsp3) is 0.385. The van der Waals surface area contributed by atoms with Crippen molar-refractivity contribution in [2.75, 3.05) is 24.3 Å². The van der Waals surface area contributed by atoms with Crippen LogP contribution in [0, 0.1) is 0 Å². The Labute approximate surface area is 121 Å². The van der Waals surface area contributed by atoms with Crippen LogP contribution in [0.2, 0.25) is 0 Å². The van der Waals surface area contributed by atoms with Gasteiger partial charge >= 0.3 is 5.97 Å². The average Bonchev–Trinajstić information content (AvgIpc) is 2.42. The number of carbonyl (C=O) groups excluding carboxylic acids is 3. The largest absolute Gasteiger partial charge is 0.465 e. The minimum absolute atomic E-state index is 0.0976. The molecule has 3 N–H and O–H groups in total. The summed E-state index contributed by atoms with van der Waals surface area (Å²) >= 11 is 0. The van der Waals surface area contributed by atoms with Gasteiger partial charge in [-0.2, -0.15) is 0 Å². The van der Waals surface area contributed by atoms with Gasteiger partial charge in [-0.15, -0.1) is 0 Å². The minimum Gasteiger partial charge on any atom is -0.465 e. The molecule has 8 nitrogen and oxygen atoms in total. The minimum atomic E-state index is -1.04. The molecular formula is C13H16N4O4. The lowest BCUT2D eigenvalue weighted by molar-refractivity contribution is -0.135. The highest BCUT2D eigenvalue weighted by Crippen LogP contribution is 2.29. The van der Waals surface area contributed by atoms with Crippen molar-refractivity contribution in [2.45, 2.75) is 19.4 Å². The van der Waals surface area contributed by atoms with Crippen LogP contribution in [0.3, 0.4) is 0 Å². The quantitative estimate of drug-likeness (QED) is 0.567. The highest BCUT2D eigenvalue weighted by Gasteiger charge is 2.43. The Hall–Kier alpha value is -2.64. The van der Waals surface area contributed by atoms with E-state index in [0.29, 0.717) is 0 Å². The molecule has 1 aliphatic heterocycles. The number of amides is 2. The molecule has 0 saturated carbocycles. The predicted molar refractivity (Wildman–Crippen MR) is 74.6 cm³/mol. The molecule has 0 spiro atoms. The third-order valence-corrected chi connectivity index (χ3v) is 3.33. The number of nitrogens with zero attached hydrogens (tertiary/aromatic N) is 2. The average molecular weight is 292 g/mol. The van der Waals surface area contributed by atoms with Crippen LogP contribution in [0.5, 0.6) is 0 Å². The second-order valence-corrected chi connectivity index (χ2v) is 5.15. The van der Waals surface area contributed by atoms with Crippen molar-refractivity contribution in [2.24, 2.45) is 0 Å². The number of rotatable bonds is 2. The van der Waals surface area contributed by atoms with Gasteiger partial charge in [-0.1, -0.05) is 0 Å². The van der Waals surface area contributed by atoms with Gasteiger partial charge in [-0.05, 0) is 19.9 Å². The number of anilines is 2. The normalized spacial score (nSPS) is 17.4. The molecule has 1 aromatic heterocycles. The van der Waals surface area contributed by atoms with E-state index in [4.69, 9.17) is 10.5 Å². The molecule has 2 rings (SSSR count). The topological polar surface area (TPSA) is 115 Å². The summed E-state index contributed by atoms with van der Waals surface area (Å²) in [5, 5.41) is 2.26. The van der Waals surface area contributed by atoms with Crippen LogP contribution in [-0.2, 0) is 14.3 Å². The summed E-state index contributed by atoms with van der Waals surface area (Å²) < 4.78 is 4.70. The van der Waals surface area contributed by atoms with Crippen LogP contribution in [0.1, 0.15) is 24.2 Å². The number of carbonyl (C=O) groups is 3. The van der Waals surface area contributed by atoms with Crippen LogP contribution in [0.4, 0.5) is 11.5 Å². The Balaban J connectivity index is 2.56. The van der Waals surface area contributed by atoms with Gasteiger partial charge in [-0.3, -0.25) is 14.9 Å². The number of methoxy groups -OCH3 is 1. The Morgan fingerprint density at radius 2 is 2.14 bits per heavy atom. The number of aromatic nitrogens is 1. The molecule has 2 amide bonds. The van der Waals surface area contributed by atoms with E-state index in [0.717, 1.165) is 0 Å². The van der Waals surface area contributed by atoms with E-state index in [1.54, 1.807) is 13.8 Å². The van der Waals surface area contributed by atoms with Gasteiger partial charge in [0.2, 0.25) is 5.91 Å². The molecule has 0 unspecified atom stereocenters. The van der Waals surface area contributed by atoms with Crippen molar-refractivity contribution in [3.63, 3.8) is 0 Å². The van der Waals surface area contributed by atoms with E-state index < -0.39 is 23.3 Å². The SMILES string of the molecule is COC(=O)c1cc(N)cnc1N1CC(=O)NC(=O)C1(C)C. The lowest BCUT2D eigenvalue weighted by Gasteiger charge is -2.41. The van der Waals surface area contributed by atoms with E-state index in [-0.39, 0.29) is 23.6 Å². The maximum Gasteiger partial charge on any atom is 0.341 e. The number of hydrogen-bond donors (Lipinski definition) is 2. The van der Waals surface area contributed by atoms with Gasteiger partial charge < -0.3 is 15.4 Å². The van der Waals surface area contributed by atoms with E-state index in [1.165, 1.54) is 24.3 Å². The number of ether oxygens (including phenoxy) is 1. The Morgan fingerprint density at radius 3 is 2.76 bits per heavy atom. The number of hydrogen-bond acceptors (Lipinski definition) is 7. The molecule has 0 bridgehead atoms. The van der Waals surface area contributed by atoms with Crippen molar-refractivity contribution < 1.29 is 19.1 Å². The standard InChI is InChI=1S/C13H16N4O4/c1-13(2)12(20)16-9(18)6-17(13)10-8(11(19)21-3)4-7(14)5-15-10/h4-5H,6,14H2,1-3H3,(H,16,18,20). The fourth-order valence-electron chi connectivity index (χ4n) is 2.07. The molecule has 2 heterocycles. The van der Waals surface area contributed by atoms with E-state index in [2.05, 4.69) is 10.3 Å². The summed E-state index contributed by atoms with van der Waals surface area (Å²) in [7, 11) is 1.23. The second kappa shape index (κ2) is 5.04. The first-order chi connectivity index (χ1) is 9.77. The molecule has 1 fully saturated rings. The van der Waals surface area contributed by atoms with Crippen LogP contribution in [0.25, 0.3) is 0 Å². The zero-order valence-corrected chi connectivity index (χ0v) is 12.0. The van der Waals surface area contributed by atoms with Gasteiger partial charge in [0.15, 0.2) is 0 Å². The van der Waals surface area contributed by atoms with Crippen molar-refractivity contribution >= 4 is 29.3 Å². The molecule has 8 heteroatoms. The summed E-state index contributed by atoms with van der Waals surface area (Å²) in [4.78, 5) is 41.0. The maximum absolute atomic E-state index is 12.0. The molecular weight excluding hydrogens is 276 g/mol. The second-order valence-electron chi connectivity index (χ2n) is 5.15. The summed E-state index contributed by atoms with van der Waals surface area (Å²) in [6, 6.07) is 1.40. The molecule has 0 atom stereocenters. The van der Waals surface area contributed by atoms with Crippen LogP contribution < -0.4 is 16.0 Å². The molecule has 0 aromatic carbocycles. The molecule has 1 saturated heterocycles. The third-order valence-electron chi connectivity index (χ3n) is 3.33. The van der Waals surface area contributed by atoms with Gasteiger partial charge in [-0.25, -0.2) is 9.78 Å². The third kappa shape index (κ3) is 2.51. The first-order valence-corrected chi connectivity index (χ1v) is 6.23. The Morgan fingerprint density at radius 1 is 1.48 bits per heavy atom. The lowest BCUT2D eigenvalue weighted by Crippen LogP contribution is -2.64. The fourth-order valence-corrected chi connectivity index (χ4v) is 2.07. The summed E-state index contributed by atoms with van der Waals surface area (Å²) in [6.45, 7) is 3.17. The first-order valence-electron chi connectivity index (χ1n) is 6.23. The van der Waals surface area contributed by atoms with Crippen LogP contribution in [0.15, 0.2) is 12.3 Å². The molecule has 21 heavy (non-hydrogen) atoms. The number of imide groups is 1. The first kappa shape index (κ1) is 14.8. The van der Waals surface area contributed by atoms with Crippen molar-refractivity contribution in [1.29, 1.82) is 0 Å². The van der Waals surface area contributed by atoms with Gasteiger partial charge in [0.25, 0.3) is 5.91 Å². The van der Waals surface area contributed by atoms with Gasteiger partial charge in [0.1, 0.15) is 16.9 Å². The number of nitrogen functional groups attached to an aromatic ring is 1. The zero-order valence-electron chi connectivity index (χ0n) is 12.0. The van der Waals surface area contributed by atoms with Crippen molar-refractivity contribution in [1.82, 2.24) is 10.3 Å². The smallest absolute Gasteiger partial charge is 0.341 e. The number of piperazine rings is 1. The zero-order chi connectivity index (χ0) is 15.8. The maximum atomic E-state index is 12.0. The highest BCUT2D eigenvalue weighted by molar-refractivity contribution is 6.08. The summed E-state index contributed by atoms with van der Waals surface area (Å²) in [6.07, 6.45) is 1.36. The summed E-state index contributed by atoms with van der Waals surface area (Å²) in [5.74, 6) is -1.38. The molecule has 0 aliphatic carbocycles. The number of esters is 1. The molecule has 1 aromatic rings. The predicted octanol–water partition coefficient (Wildman–Crippen LogP) is -0.308. The van der Waals surface area contributed by atoms with Crippen LogP contribution >= 0.6 is 0 Å². The van der Waals surface area contributed by atoms with Gasteiger partial charge in [0.05, 0.1) is 25.5 Å². The van der Waals surface area contributed by atoms with Crippen molar-refractivity contribution in [3.8, 4) is 0 Å². The van der Waals surface area contributed by atoms with E-state index >= 15 is 0 Å². The number of pyridine rings is 1. The van der Waals surface area contributed by atoms with E-state index in [9.17, 15) is 14.4 Å². The molecule has 112 valence electrons. The monoisotopic (exact) mass is 292 g/mol. The summed E-state index contributed by atoms with van der Waals surface area (Å²) in [5.41, 5.74) is 4.98. The number of nitrogens with two attached hydrogens (primary N) is 1. The Bertz CT molecular complexity index is 627. The number of nitrogens with one attached hydrogen (secondary N) is 1.